The van der Waals surface area contributed by atoms with E-state index in [4.69, 9.17) is 5.11 Å². The molecule has 1 heterocycles. The number of carbonyl (C=O) groups excluding carboxylic acids is 1. The fourth-order valence-corrected chi connectivity index (χ4v) is 4.96. The van der Waals surface area contributed by atoms with E-state index in [0.717, 1.165) is 37.7 Å². The van der Waals surface area contributed by atoms with Crippen LogP contribution in [0.2, 0.25) is 0 Å². The molecule has 2 rings (SSSR count). The van der Waals surface area contributed by atoms with Crippen molar-refractivity contribution in [1.29, 1.82) is 0 Å². The minimum absolute atomic E-state index is 0.181. The van der Waals surface area contributed by atoms with E-state index in [-0.39, 0.29) is 17.4 Å². The lowest BCUT2D eigenvalue weighted by molar-refractivity contribution is -0.128. The molecule has 1 aliphatic heterocycles. The maximum absolute atomic E-state index is 12.2. The number of aliphatic hydroxyl groups excluding tert-OH is 1. The molecule has 0 radical (unpaired) electrons. The van der Waals surface area contributed by atoms with Gasteiger partial charge in [0.15, 0.2) is 0 Å². The first-order chi connectivity index (χ1) is 14.0. The number of unbranched alkanes of at least 4 members (excludes halogenated alkanes) is 4. The van der Waals surface area contributed by atoms with Gasteiger partial charge in [0.1, 0.15) is 0 Å². The second-order valence-corrected chi connectivity index (χ2v) is 9.06. The standard InChI is InChI=1S/C23H35NO4S/c1-2-3-4-5-6-9-20(25)15-16-24-21(26)17-29-22(24)10-7-8-18-11-13-19(14-12-18)23(27)28/h11-14,20,22,25H,2-10,15-17H2,1H3,(H,27,28). The summed E-state index contributed by atoms with van der Waals surface area (Å²) in [7, 11) is 0. The molecule has 162 valence electrons. The van der Waals surface area contributed by atoms with E-state index >= 15 is 0 Å². The van der Waals surface area contributed by atoms with E-state index < -0.39 is 5.97 Å². The highest BCUT2D eigenvalue weighted by atomic mass is 32.2. The highest BCUT2D eigenvalue weighted by Gasteiger charge is 2.31. The van der Waals surface area contributed by atoms with Gasteiger partial charge in [-0.15, -0.1) is 11.8 Å². The molecule has 6 heteroatoms. The number of thioether (sulfide) groups is 1. The van der Waals surface area contributed by atoms with Crippen molar-refractivity contribution in [2.75, 3.05) is 12.3 Å². The van der Waals surface area contributed by atoms with E-state index in [9.17, 15) is 14.7 Å². The molecule has 1 saturated heterocycles. The van der Waals surface area contributed by atoms with Gasteiger partial charge in [-0.3, -0.25) is 4.79 Å². The van der Waals surface area contributed by atoms with Gasteiger partial charge in [-0.1, -0.05) is 51.2 Å². The SMILES string of the molecule is CCCCCCCC(O)CCN1C(=O)CSC1CCCc1ccc(C(=O)O)cc1. The molecule has 1 aromatic rings. The van der Waals surface area contributed by atoms with Crippen molar-refractivity contribution in [2.24, 2.45) is 0 Å². The molecule has 0 spiro atoms. The summed E-state index contributed by atoms with van der Waals surface area (Å²) in [5.74, 6) is -0.192. The van der Waals surface area contributed by atoms with Gasteiger partial charge in [0.25, 0.3) is 0 Å². The molecule has 0 aromatic heterocycles. The molecular weight excluding hydrogens is 386 g/mol. The molecule has 2 atom stereocenters. The van der Waals surface area contributed by atoms with Crippen LogP contribution in [-0.2, 0) is 11.2 Å². The Bertz CT molecular complexity index is 634. The number of aliphatic hydroxyl groups is 1. The number of amides is 1. The summed E-state index contributed by atoms with van der Waals surface area (Å²) in [6, 6.07) is 7.01. The number of nitrogens with zero attached hydrogens (tertiary/aromatic N) is 1. The number of hydrogen-bond donors (Lipinski definition) is 2. The average molecular weight is 422 g/mol. The van der Waals surface area contributed by atoms with Gasteiger partial charge in [0, 0.05) is 6.54 Å². The van der Waals surface area contributed by atoms with Crippen molar-refractivity contribution in [1.82, 2.24) is 4.90 Å². The van der Waals surface area contributed by atoms with Crippen LogP contribution in [0, 0.1) is 0 Å². The molecule has 29 heavy (non-hydrogen) atoms. The van der Waals surface area contributed by atoms with Crippen molar-refractivity contribution in [2.45, 2.75) is 82.6 Å². The quantitative estimate of drug-likeness (QED) is 0.425. The average Bonchev–Trinajstić information content (AvgIpc) is 3.06. The van der Waals surface area contributed by atoms with Crippen molar-refractivity contribution in [3.63, 3.8) is 0 Å². The smallest absolute Gasteiger partial charge is 0.335 e. The Morgan fingerprint density at radius 2 is 1.86 bits per heavy atom. The van der Waals surface area contributed by atoms with Crippen molar-refractivity contribution < 1.29 is 19.8 Å². The maximum atomic E-state index is 12.2. The maximum Gasteiger partial charge on any atom is 0.335 e. The lowest BCUT2D eigenvalue weighted by Gasteiger charge is -2.25. The number of benzene rings is 1. The predicted octanol–water partition coefficient (Wildman–Crippen LogP) is 4.72. The molecule has 0 saturated carbocycles. The van der Waals surface area contributed by atoms with Crippen molar-refractivity contribution in [3.05, 3.63) is 35.4 Å². The number of carboxylic acids is 1. The minimum atomic E-state index is -0.906. The number of aryl methyl sites for hydroxylation is 1. The summed E-state index contributed by atoms with van der Waals surface area (Å²) in [5.41, 5.74) is 1.43. The van der Waals surface area contributed by atoms with Gasteiger partial charge in [-0.2, -0.15) is 0 Å². The first kappa shape index (κ1) is 23.7. The zero-order valence-corrected chi connectivity index (χ0v) is 18.3. The van der Waals surface area contributed by atoms with Crippen LogP contribution in [-0.4, -0.2) is 50.8 Å². The second kappa shape index (κ2) is 12.9. The molecule has 0 aliphatic carbocycles. The molecule has 1 aliphatic rings. The predicted molar refractivity (Wildman–Crippen MR) is 118 cm³/mol. The van der Waals surface area contributed by atoms with E-state index in [0.29, 0.717) is 24.3 Å². The van der Waals surface area contributed by atoms with Crippen molar-refractivity contribution in [3.8, 4) is 0 Å². The van der Waals surface area contributed by atoms with Crippen LogP contribution in [0.25, 0.3) is 0 Å². The van der Waals surface area contributed by atoms with Crippen LogP contribution in [0.3, 0.4) is 0 Å². The Morgan fingerprint density at radius 1 is 1.14 bits per heavy atom. The van der Waals surface area contributed by atoms with Crippen LogP contribution in [0.4, 0.5) is 0 Å². The van der Waals surface area contributed by atoms with E-state index in [1.54, 1.807) is 23.9 Å². The van der Waals surface area contributed by atoms with Gasteiger partial charge < -0.3 is 15.1 Å². The minimum Gasteiger partial charge on any atom is -0.478 e. The van der Waals surface area contributed by atoms with Gasteiger partial charge >= 0.3 is 5.97 Å². The van der Waals surface area contributed by atoms with Crippen molar-refractivity contribution >= 4 is 23.6 Å². The Hall–Kier alpha value is -1.53. The number of carboxylic acid groups (broad SMARTS) is 1. The Morgan fingerprint density at radius 3 is 2.55 bits per heavy atom. The molecule has 1 fully saturated rings. The zero-order valence-electron chi connectivity index (χ0n) is 17.5. The lowest BCUT2D eigenvalue weighted by atomic mass is 10.0. The zero-order chi connectivity index (χ0) is 21.1. The molecular formula is C23H35NO4S. The first-order valence-electron chi connectivity index (χ1n) is 10.9. The van der Waals surface area contributed by atoms with E-state index in [1.165, 1.54) is 25.7 Å². The van der Waals surface area contributed by atoms with Crippen LogP contribution in [0.1, 0.15) is 80.6 Å². The van der Waals surface area contributed by atoms with Gasteiger partial charge in [0.2, 0.25) is 5.91 Å². The third-order valence-electron chi connectivity index (χ3n) is 5.53. The highest BCUT2D eigenvalue weighted by Crippen LogP contribution is 2.29. The number of carbonyl (C=O) groups is 2. The van der Waals surface area contributed by atoms with Crippen LogP contribution in [0.5, 0.6) is 0 Å². The molecule has 1 amide bonds. The summed E-state index contributed by atoms with van der Waals surface area (Å²) in [4.78, 5) is 25.1. The van der Waals surface area contributed by atoms with Gasteiger partial charge in [-0.25, -0.2) is 4.79 Å². The Balaban J connectivity index is 1.69. The summed E-state index contributed by atoms with van der Waals surface area (Å²) < 4.78 is 0. The first-order valence-corrected chi connectivity index (χ1v) is 12.0. The number of hydrogen-bond acceptors (Lipinski definition) is 4. The summed E-state index contributed by atoms with van der Waals surface area (Å²) in [6.07, 6.45) is 9.90. The Kier molecular flexibility index (Phi) is 10.6. The lowest BCUT2D eigenvalue weighted by Crippen LogP contribution is -2.35. The summed E-state index contributed by atoms with van der Waals surface area (Å²) in [5, 5.41) is 19.4. The number of aromatic carboxylic acids is 1. The highest BCUT2D eigenvalue weighted by molar-refractivity contribution is 8.00. The topological polar surface area (TPSA) is 77.8 Å². The van der Waals surface area contributed by atoms with Gasteiger partial charge in [0.05, 0.1) is 22.8 Å². The van der Waals surface area contributed by atoms with E-state index in [2.05, 4.69) is 6.92 Å². The Labute approximate surface area is 178 Å². The van der Waals surface area contributed by atoms with Crippen LogP contribution < -0.4 is 0 Å². The molecule has 2 unspecified atom stereocenters. The third-order valence-corrected chi connectivity index (χ3v) is 6.82. The van der Waals surface area contributed by atoms with Gasteiger partial charge in [-0.05, 0) is 49.8 Å². The fourth-order valence-electron chi connectivity index (χ4n) is 3.72. The third kappa shape index (κ3) is 8.39. The second-order valence-electron chi connectivity index (χ2n) is 7.89. The summed E-state index contributed by atoms with van der Waals surface area (Å²) in [6.45, 7) is 2.84. The summed E-state index contributed by atoms with van der Waals surface area (Å²) >= 11 is 1.70. The largest absolute Gasteiger partial charge is 0.478 e. The molecule has 2 N–H and O–H groups in total. The van der Waals surface area contributed by atoms with Crippen LogP contribution in [0.15, 0.2) is 24.3 Å². The number of rotatable bonds is 14. The molecule has 1 aromatic carbocycles. The monoisotopic (exact) mass is 421 g/mol. The fraction of sp³-hybridized carbons (Fsp3) is 0.652. The molecule has 5 nitrogen and oxygen atoms in total. The molecule has 0 bridgehead atoms. The van der Waals surface area contributed by atoms with Crippen LogP contribution >= 0.6 is 11.8 Å². The van der Waals surface area contributed by atoms with E-state index in [1.807, 2.05) is 17.0 Å². The normalized spacial score (nSPS) is 17.7.